The van der Waals surface area contributed by atoms with Crippen LogP contribution in [0.4, 0.5) is 11.4 Å². The molecule has 40 heavy (non-hydrogen) atoms. The molecule has 12 heteroatoms. The average Bonchev–Trinajstić information content (AvgIpc) is 2.98. The molecule has 1 N–H and O–H groups in total. The van der Waals surface area contributed by atoms with E-state index in [4.69, 9.17) is 9.47 Å². The molecular weight excluding hydrogens is 518 g/mol. The highest BCUT2D eigenvalue weighted by Crippen LogP contribution is 2.29. The molecule has 0 radical (unpaired) electrons. The standard InChI is InChI=1S/C28H27N5O7/c1-39-24-15-22-23(16-25(24)40-2)29-28(36)32(27(22)35)17-18-3-5-19(6-4-18)26(34)31-13-11-30(12-14-31)20-7-9-21(10-8-20)33(37)38/h3-10,15-16H,11-14,17H2,1-2H3,(H,29,36). The van der Waals surface area contributed by atoms with Crippen molar-refractivity contribution in [3.63, 3.8) is 0 Å². The van der Waals surface area contributed by atoms with Crippen LogP contribution in [0.25, 0.3) is 10.9 Å². The number of rotatable bonds is 7. The highest BCUT2D eigenvalue weighted by Gasteiger charge is 2.23. The Balaban J connectivity index is 1.27. The summed E-state index contributed by atoms with van der Waals surface area (Å²) in [5.41, 5.74) is 1.42. The highest BCUT2D eigenvalue weighted by atomic mass is 16.6. The van der Waals surface area contributed by atoms with Gasteiger partial charge in [0, 0.05) is 55.6 Å². The number of nitrogens with one attached hydrogen (secondary N) is 1. The quantitative estimate of drug-likeness (QED) is 0.276. The Labute approximate surface area is 228 Å². The first-order valence-corrected chi connectivity index (χ1v) is 12.6. The van der Waals surface area contributed by atoms with E-state index in [0.29, 0.717) is 54.3 Å². The number of fused-ring (bicyclic) bond motifs is 1. The number of ether oxygens (including phenoxy) is 2. The molecule has 0 unspecified atom stereocenters. The van der Waals surface area contributed by atoms with Crippen molar-refractivity contribution in [1.82, 2.24) is 14.5 Å². The molecule has 1 aromatic heterocycles. The van der Waals surface area contributed by atoms with Crippen molar-refractivity contribution in [2.75, 3.05) is 45.3 Å². The number of benzene rings is 3. The van der Waals surface area contributed by atoms with Crippen molar-refractivity contribution in [3.05, 3.63) is 103 Å². The van der Waals surface area contributed by atoms with Gasteiger partial charge in [-0.1, -0.05) is 12.1 Å². The van der Waals surface area contributed by atoms with Crippen LogP contribution in [-0.2, 0) is 6.54 Å². The number of H-pyrrole nitrogens is 1. The number of carbonyl (C=O) groups is 1. The van der Waals surface area contributed by atoms with Gasteiger partial charge < -0.3 is 24.3 Å². The number of aromatic amines is 1. The maximum atomic E-state index is 13.1. The van der Waals surface area contributed by atoms with E-state index in [1.54, 1.807) is 47.4 Å². The van der Waals surface area contributed by atoms with Gasteiger partial charge >= 0.3 is 5.69 Å². The lowest BCUT2D eigenvalue weighted by Crippen LogP contribution is -2.48. The zero-order valence-electron chi connectivity index (χ0n) is 22.0. The Bertz CT molecular complexity index is 1690. The number of carbonyl (C=O) groups excluding carboxylic acids is 1. The van der Waals surface area contributed by atoms with Crippen molar-refractivity contribution in [2.45, 2.75) is 6.54 Å². The molecule has 2 heterocycles. The average molecular weight is 546 g/mol. The zero-order valence-corrected chi connectivity index (χ0v) is 22.0. The van der Waals surface area contributed by atoms with E-state index >= 15 is 0 Å². The molecule has 1 amide bonds. The molecule has 3 aromatic carbocycles. The Morgan fingerprint density at radius 3 is 2.15 bits per heavy atom. The number of piperazine rings is 1. The number of nitro groups is 1. The van der Waals surface area contributed by atoms with E-state index < -0.39 is 16.2 Å². The second kappa shape index (κ2) is 10.9. The van der Waals surface area contributed by atoms with Crippen LogP contribution >= 0.6 is 0 Å². The topological polar surface area (TPSA) is 140 Å². The van der Waals surface area contributed by atoms with Crippen LogP contribution in [0.15, 0.2) is 70.3 Å². The van der Waals surface area contributed by atoms with E-state index in [0.717, 1.165) is 10.3 Å². The second-order valence-electron chi connectivity index (χ2n) is 9.32. The fraction of sp³-hybridized carbons (Fsp3) is 0.250. The van der Waals surface area contributed by atoms with Gasteiger partial charge in [-0.3, -0.25) is 24.3 Å². The first-order chi connectivity index (χ1) is 19.3. The number of amides is 1. The number of aromatic nitrogens is 2. The molecule has 1 aliphatic heterocycles. The molecule has 206 valence electrons. The maximum Gasteiger partial charge on any atom is 0.329 e. The summed E-state index contributed by atoms with van der Waals surface area (Å²) in [5.74, 6) is 0.662. The molecule has 0 spiro atoms. The van der Waals surface area contributed by atoms with Gasteiger partial charge in [-0.25, -0.2) is 4.79 Å². The van der Waals surface area contributed by atoms with Crippen LogP contribution in [0.1, 0.15) is 15.9 Å². The van der Waals surface area contributed by atoms with Crippen molar-refractivity contribution in [1.29, 1.82) is 0 Å². The molecular formula is C28H27N5O7. The monoisotopic (exact) mass is 545 g/mol. The van der Waals surface area contributed by atoms with Gasteiger partial charge in [-0.15, -0.1) is 0 Å². The van der Waals surface area contributed by atoms with E-state index in [-0.39, 0.29) is 23.5 Å². The molecule has 1 fully saturated rings. The van der Waals surface area contributed by atoms with Gasteiger partial charge in [0.1, 0.15) is 0 Å². The van der Waals surface area contributed by atoms with Gasteiger partial charge in [0.05, 0.1) is 36.6 Å². The normalized spacial score (nSPS) is 13.3. The van der Waals surface area contributed by atoms with Crippen LogP contribution in [0.5, 0.6) is 11.5 Å². The molecule has 12 nitrogen and oxygen atoms in total. The van der Waals surface area contributed by atoms with Crippen LogP contribution in [0.2, 0.25) is 0 Å². The summed E-state index contributed by atoms with van der Waals surface area (Å²) in [6, 6.07) is 16.3. The van der Waals surface area contributed by atoms with Crippen LogP contribution < -0.4 is 25.6 Å². The molecule has 1 aliphatic rings. The summed E-state index contributed by atoms with van der Waals surface area (Å²) < 4.78 is 11.6. The number of non-ortho nitro benzene ring substituents is 1. The van der Waals surface area contributed by atoms with E-state index in [1.165, 1.54) is 32.4 Å². The Morgan fingerprint density at radius 1 is 0.925 bits per heavy atom. The minimum Gasteiger partial charge on any atom is -0.493 e. The molecule has 5 rings (SSSR count). The summed E-state index contributed by atoms with van der Waals surface area (Å²) in [4.78, 5) is 56.0. The Morgan fingerprint density at radius 2 is 1.55 bits per heavy atom. The van der Waals surface area contributed by atoms with Crippen LogP contribution in [-0.4, -0.2) is 65.7 Å². The number of methoxy groups -OCH3 is 2. The van der Waals surface area contributed by atoms with Gasteiger partial charge in [0.15, 0.2) is 11.5 Å². The largest absolute Gasteiger partial charge is 0.493 e. The van der Waals surface area contributed by atoms with Crippen molar-refractivity contribution in [2.24, 2.45) is 0 Å². The molecule has 0 aliphatic carbocycles. The van der Waals surface area contributed by atoms with E-state index in [9.17, 15) is 24.5 Å². The summed E-state index contributed by atoms with van der Waals surface area (Å²) in [6.45, 7) is 2.25. The van der Waals surface area contributed by atoms with Gasteiger partial charge in [0.2, 0.25) is 0 Å². The zero-order chi connectivity index (χ0) is 28.4. The van der Waals surface area contributed by atoms with E-state index in [2.05, 4.69) is 9.88 Å². The molecule has 0 atom stereocenters. The first kappa shape index (κ1) is 26.5. The number of nitrogens with zero attached hydrogens (tertiary/aromatic N) is 4. The molecule has 0 saturated carbocycles. The number of anilines is 1. The Hall–Kier alpha value is -5.13. The maximum absolute atomic E-state index is 13.1. The minimum atomic E-state index is -0.559. The fourth-order valence-corrected chi connectivity index (χ4v) is 4.79. The predicted molar refractivity (Wildman–Crippen MR) is 149 cm³/mol. The first-order valence-electron chi connectivity index (χ1n) is 12.6. The summed E-state index contributed by atoms with van der Waals surface area (Å²) >= 11 is 0. The lowest BCUT2D eigenvalue weighted by atomic mass is 10.1. The molecule has 0 bridgehead atoms. The van der Waals surface area contributed by atoms with Crippen molar-refractivity contribution in [3.8, 4) is 11.5 Å². The summed E-state index contributed by atoms with van der Waals surface area (Å²) in [5, 5.41) is 11.2. The number of nitro benzene ring substituents is 1. The lowest BCUT2D eigenvalue weighted by Gasteiger charge is -2.36. The fourth-order valence-electron chi connectivity index (χ4n) is 4.79. The van der Waals surface area contributed by atoms with Gasteiger partial charge in [0.25, 0.3) is 17.2 Å². The van der Waals surface area contributed by atoms with Gasteiger partial charge in [-0.05, 0) is 35.9 Å². The predicted octanol–water partition coefficient (Wildman–Crippen LogP) is 2.63. The third kappa shape index (κ3) is 5.10. The van der Waals surface area contributed by atoms with Crippen molar-refractivity contribution < 1.29 is 19.2 Å². The number of hydrogen-bond acceptors (Lipinski definition) is 8. The van der Waals surface area contributed by atoms with Crippen LogP contribution in [0, 0.1) is 10.1 Å². The smallest absolute Gasteiger partial charge is 0.329 e. The third-order valence-electron chi connectivity index (χ3n) is 7.02. The Kier molecular flexibility index (Phi) is 7.23. The van der Waals surface area contributed by atoms with Crippen LogP contribution in [0.3, 0.4) is 0 Å². The molecule has 1 saturated heterocycles. The SMILES string of the molecule is COc1cc2[nH]c(=O)n(Cc3ccc(C(=O)N4CCN(c5ccc([N+](=O)[O-])cc5)CC4)cc3)c(=O)c2cc1OC. The highest BCUT2D eigenvalue weighted by molar-refractivity contribution is 5.94. The second-order valence-corrected chi connectivity index (χ2v) is 9.32. The molecule has 4 aromatic rings. The minimum absolute atomic E-state index is 0.0286. The third-order valence-corrected chi connectivity index (χ3v) is 7.02. The lowest BCUT2D eigenvalue weighted by molar-refractivity contribution is -0.384. The van der Waals surface area contributed by atoms with Crippen molar-refractivity contribution >= 4 is 28.2 Å². The van der Waals surface area contributed by atoms with Gasteiger partial charge in [-0.2, -0.15) is 0 Å². The van der Waals surface area contributed by atoms with E-state index in [1.807, 2.05) is 0 Å². The summed E-state index contributed by atoms with van der Waals surface area (Å²) in [7, 11) is 2.94. The summed E-state index contributed by atoms with van der Waals surface area (Å²) in [6.07, 6.45) is 0. The number of hydrogen-bond donors (Lipinski definition) is 1.